The molecule has 0 spiro atoms. The first-order valence-electron chi connectivity index (χ1n) is 5.06. The van der Waals surface area contributed by atoms with Gasteiger partial charge < -0.3 is 0 Å². The van der Waals surface area contributed by atoms with Crippen molar-refractivity contribution in [3.05, 3.63) is 35.9 Å². The Morgan fingerprint density at radius 3 is 2.94 bits per heavy atom. The van der Waals surface area contributed by atoms with E-state index in [2.05, 4.69) is 15.8 Å². The number of nitrogens with zero attached hydrogens (tertiary/aromatic N) is 1. The number of hydrogen-bond donors (Lipinski definition) is 3. The molecule has 1 aromatic carbocycles. The van der Waals surface area contributed by atoms with Gasteiger partial charge in [-0.05, 0) is 24.1 Å². The van der Waals surface area contributed by atoms with Gasteiger partial charge in [0.2, 0.25) is 0 Å². The number of hydrogen-bond acceptors (Lipinski definition) is 4. The first kappa shape index (κ1) is 9.89. The van der Waals surface area contributed by atoms with E-state index in [4.69, 9.17) is 0 Å². The third-order valence-corrected chi connectivity index (χ3v) is 4.01. The predicted molar refractivity (Wildman–Crippen MR) is 66.8 cm³/mol. The summed E-state index contributed by atoms with van der Waals surface area (Å²) < 4.78 is 21.9. The summed E-state index contributed by atoms with van der Waals surface area (Å²) in [4.78, 5) is 4.40. The maximum atomic E-state index is 9.58. The van der Waals surface area contributed by atoms with Gasteiger partial charge in [-0.1, -0.05) is 18.2 Å². The van der Waals surface area contributed by atoms with Gasteiger partial charge in [-0.15, -0.1) is 10.8 Å². The van der Waals surface area contributed by atoms with Gasteiger partial charge in [-0.3, -0.25) is 13.8 Å². The van der Waals surface area contributed by atoms with Crippen molar-refractivity contribution in [3.8, 4) is 0 Å². The van der Waals surface area contributed by atoms with Gasteiger partial charge in [-0.25, -0.2) is 4.98 Å². The van der Waals surface area contributed by atoms with Crippen molar-refractivity contribution < 1.29 is 9.11 Å². The second-order valence-electron chi connectivity index (χ2n) is 3.91. The molecule has 0 atom stereocenters. The third-order valence-electron chi connectivity index (χ3n) is 2.72. The number of pyridine rings is 1. The molecular formula is C11H12N2O2S. The lowest BCUT2D eigenvalue weighted by Gasteiger charge is -2.37. The number of anilines is 1. The average molecular weight is 236 g/mol. The van der Waals surface area contributed by atoms with Crippen molar-refractivity contribution in [2.24, 2.45) is 0 Å². The Morgan fingerprint density at radius 2 is 2.06 bits per heavy atom. The highest BCUT2D eigenvalue weighted by Gasteiger charge is 2.22. The van der Waals surface area contributed by atoms with Crippen LogP contribution in [0.15, 0.2) is 30.3 Å². The topological polar surface area (TPSA) is 65.4 Å². The number of aryl methyl sites for hydroxylation is 1. The zero-order chi connectivity index (χ0) is 11.2. The molecule has 0 amide bonds. The van der Waals surface area contributed by atoms with Crippen LogP contribution < -0.4 is 4.72 Å². The Morgan fingerprint density at radius 1 is 1.25 bits per heavy atom. The van der Waals surface area contributed by atoms with Crippen LogP contribution in [0.4, 0.5) is 5.82 Å². The van der Waals surface area contributed by atoms with Crippen molar-refractivity contribution in [3.63, 3.8) is 0 Å². The van der Waals surface area contributed by atoms with Gasteiger partial charge in [0.25, 0.3) is 0 Å². The highest BCUT2D eigenvalue weighted by Crippen LogP contribution is 2.44. The van der Waals surface area contributed by atoms with E-state index in [0.717, 1.165) is 16.5 Å². The van der Waals surface area contributed by atoms with Crippen LogP contribution >= 0.6 is 10.8 Å². The molecule has 3 N–H and O–H groups in total. The molecule has 84 valence electrons. The number of para-hydroxylation sites is 1. The molecule has 2 heterocycles. The van der Waals surface area contributed by atoms with Crippen molar-refractivity contribution >= 4 is 27.5 Å². The number of nitrogens with one attached hydrogen (secondary N) is 1. The van der Waals surface area contributed by atoms with Gasteiger partial charge in [0.05, 0.1) is 11.3 Å². The average Bonchev–Trinajstić information content (AvgIpc) is 2.25. The highest BCUT2D eigenvalue weighted by atomic mass is 32.3. The lowest BCUT2D eigenvalue weighted by molar-refractivity contribution is 0.491. The zero-order valence-electron chi connectivity index (χ0n) is 8.55. The summed E-state index contributed by atoms with van der Waals surface area (Å²) in [6.07, 6.45) is 0.655. The first-order chi connectivity index (χ1) is 7.64. The van der Waals surface area contributed by atoms with Crippen LogP contribution in [0.25, 0.3) is 10.9 Å². The largest absolute Gasteiger partial charge is 0.282 e. The Hall–Kier alpha value is -1.30. The van der Waals surface area contributed by atoms with Crippen LogP contribution in [-0.2, 0) is 6.42 Å². The summed E-state index contributed by atoms with van der Waals surface area (Å²) in [5.74, 6) is 0.963. The summed E-state index contributed by atoms with van der Waals surface area (Å²) >= 11 is 0. The van der Waals surface area contributed by atoms with Crippen molar-refractivity contribution in [1.82, 2.24) is 4.98 Å². The molecule has 0 saturated heterocycles. The number of fused-ring (bicyclic) bond motifs is 2. The lowest BCUT2D eigenvalue weighted by atomic mass is 10.1. The Kier molecular flexibility index (Phi) is 2.07. The van der Waals surface area contributed by atoms with Gasteiger partial charge in [-0.2, -0.15) is 0 Å². The zero-order valence-corrected chi connectivity index (χ0v) is 9.37. The second-order valence-corrected chi connectivity index (χ2v) is 5.86. The minimum absolute atomic E-state index is 0.361. The molecule has 0 aliphatic carbocycles. The third kappa shape index (κ3) is 1.63. The van der Waals surface area contributed by atoms with Crippen molar-refractivity contribution in [2.45, 2.75) is 6.42 Å². The lowest BCUT2D eigenvalue weighted by Crippen LogP contribution is -2.21. The molecule has 0 saturated carbocycles. The Labute approximate surface area is 94.8 Å². The minimum Gasteiger partial charge on any atom is -0.282 e. The SMILES string of the molecule is OS1(O)CCc2cc3ccccc3nc2N1. The van der Waals surface area contributed by atoms with Crippen molar-refractivity contribution in [1.29, 1.82) is 0 Å². The molecule has 0 radical (unpaired) electrons. The summed E-state index contributed by atoms with van der Waals surface area (Å²) in [7, 11) is -2.68. The van der Waals surface area contributed by atoms with Gasteiger partial charge in [0.1, 0.15) is 5.82 Å². The fourth-order valence-electron chi connectivity index (χ4n) is 1.90. The molecule has 5 heteroatoms. The second kappa shape index (κ2) is 3.35. The Balaban J connectivity index is 2.17. The van der Waals surface area contributed by atoms with Crippen LogP contribution in [0.3, 0.4) is 0 Å². The van der Waals surface area contributed by atoms with Gasteiger partial charge in [0.15, 0.2) is 0 Å². The van der Waals surface area contributed by atoms with E-state index in [0.29, 0.717) is 18.0 Å². The molecule has 0 bridgehead atoms. The molecular weight excluding hydrogens is 224 g/mol. The molecule has 1 aliphatic heterocycles. The smallest absolute Gasteiger partial charge is 0.148 e. The van der Waals surface area contributed by atoms with E-state index < -0.39 is 10.8 Å². The minimum atomic E-state index is -2.68. The molecule has 3 rings (SSSR count). The van der Waals surface area contributed by atoms with Crippen LogP contribution in [0.2, 0.25) is 0 Å². The molecule has 1 aromatic heterocycles. The van der Waals surface area contributed by atoms with E-state index in [1.165, 1.54) is 0 Å². The number of rotatable bonds is 0. The predicted octanol–water partition coefficient (Wildman–Crippen LogP) is 2.87. The normalized spacial score (nSPS) is 19.9. The Bertz CT molecular complexity index is 557. The summed E-state index contributed by atoms with van der Waals surface area (Å²) in [5, 5.41) is 1.08. The van der Waals surface area contributed by atoms with Crippen molar-refractivity contribution in [2.75, 3.05) is 10.5 Å². The van der Waals surface area contributed by atoms with E-state index >= 15 is 0 Å². The fraction of sp³-hybridized carbons (Fsp3) is 0.182. The molecule has 0 fully saturated rings. The maximum absolute atomic E-state index is 9.58. The van der Waals surface area contributed by atoms with Gasteiger partial charge in [0, 0.05) is 5.39 Å². The molecule has 0 unspecified atom stereocenters. The molecule has 16 heavy (non-hydrogen) atoms. The summed E-state index contributed by atoms with van der Waals surface area (Å²) in [6, 6.07) is 9.87. The first-order valence-corrected chi connectivity index (χ1v) is 6.78. The quantitative estimate of drug-likeness (QED) is 0.658. The molecule has 4 nitrogen and oxygen atoms in total. The van der Waals surface area contributed by atoms with E-state index in [9.17, 15) is 9.11 Å². The summed E-state index contributed by atoms with van der Waals surface area (Å²) in [5.41, 5.74) is 1.91. The fourth-order valence-corrected chi connectivity index (χ4v) is 2.99. The van der Waals surface area contributed by atoms with Gasteiger partial charge >= 0.3 is 0 Å². The number of benzene rings is 1. The summed E-state index contributed by atoms with van der Waals surface area (Å²) in [6.45, 7) is 0. The standard InChI is InChI=1S/C11H12N2O2S/c14-16(15)6-5-9-7-8-3-1-2-4-10(8)12-11(9)13-16/h1-4,7,14-15H,5-6H2,(H,12,13). The van der Waals surface area contributed by atoms with Crippen LogP contribution in [0.1, 0.15) is 5.56 Å². The van der Waals surface area contributed by atoms with Crippen LogP contribution in [0, 0.1) is 0 Å². The van der Waals surface area contributed by atoms with E-state index in [1.807, 2.05) is 24.3 Å². The maximum Gasteiger partial charge on any atom is 0.148 e. The highest BCUT2D eigenvalue weighted by molar-refractivity contribution is 8.25. The molecule has 1 aliphatic rings. The number of aromatic nitrogens is 1. The van der Waals surface area contributed by atoms with E-state index in [-0.39, 0.29) is 0 Å². The molecule has 2 aromatic rings. The van der Waals surface area contributed by atoms with Crippen LogP contribution in [-0.4, -0.2) is 19.8 Å². The van der Waals surface area contributed by atoms with E-state index in [1.54, 1.807) is 0 Å². The monoisotopic (exact) mass is 236 g/mol. The van der Waals surface area contributed by atoms with Crippen LogP contribution in [0.5, 0.6) is 0 Å².